The maximum Gasteiger partial charge on any atom is 0.245 e. The summed E-state index contributed by atoms with van der Waals surface area (Å²) in [5, 5.41) is 94.4. The van der Waals surface area contributed by atoms with Gasteiger partial charge in [-0.15, -0.1) is 11.8 Å². The average molecular weight is 2040 g/mol. The summed E-state index contributed by atoms with van der Waals surface area (Å²) < 4.78 is 1.54. The molecule has 0 aliphatic carbocycles. The summed E-state index contributed by atoms with van der Waals surface area (Å²) in [4.78, 5) is 247. The van der Waals surface area contributed by atoms with E-state index in [1.54, 1.807) is 112 Å². The maximum atomic E-state index is 15.7. The van der Waals surface area contributed by atoms with E-state index >= 15 is 57.5 Å². The number of guanidine groups is 2. The van der Waals surface area contributed by atoms with Crippen molar-refractivity contribution in [1.82, 2.24) is 105 Å². The molecule has 8 rings (SSSR count). The molecule has 1 aliphatic rings. The van der Waals surface area contributed by atoms with Gasteiger partial charge in [0, 0.05) is 93.4 Å². The highest BCUT2D eigenvalue weighted by atomic mass is 32.2. The summed E-state index contributed by atoms with van der Waals surface area (Å²) in [6, 6.07) is 13.6. The number of aliphatic hydroxyl groups excluding tert-OH is 1. The van der Waals surface area contributed by atoms with Crippen LogP contribution in [0.4, 0.5) is 0 Å². The minimum atomic E-state index is -2.01. The van der Waals surface area contributed by atoms with Crippen molar-refractivity contribution >= 4 is 129 Å². The zero-order chi connectivity index (χ0) is 107. The number of unbranched alkanes of at least 4 members (excludes halogenated alkanes) is 2. The third-order valence-electron chi connectivity index (χ3n) is 24.4. The summed E-state index contributed by atoms with van der Waals surface area (Å²) in [7, 11) is 1.60. The second-order valence-corrected chi connectivity index (χ2v) is 37.6. The molecule has 1 saturated heterocycles. The molecule has 0 radical (unpaired) electrons. The number of fused-ring (bicyclic) bond motifs is 1. The Morgan fingerprint density at radius 1 is 0.466 bits per heavy atom. The number of primary amides is 1. The first-order chi connectivity index (χ1) is 69.6. The van der Waals surface area contributed by atoms with Crippen LogP contribution in [0, 0.1) is 16.7 Å². The Kier molecular flexibility index (Phi) is 46.5. The number of nitrogens with one attached hydrogen (secondary N) is 20. The minimum Gasteiger partial charge on any atom is -0.508 e. The molecule has 16 amide bonds. The van der Waals surface area contributed by atoms with Gasteiger partial charge in [0.25, 0.3) is 0 Å². The quantitative estimate of drug-likeness (QED) is 0.0107. The molecule has 3 heterocycles. The van der Waals surface area contributed by atoms with Crippen LogP contribution >= 0.6 is 11.8 Å². The van der Waals surface area contributed by atoms with Crippen molar-refractivity contribution in [3.63, 3.8) is 0 Å². The number of carbonyl (C=O) groups excluding carboxylic acids is 16. The highest BCUT2D eigenvalue weighted by Gasteiger charge is 2.42. The van der Waals surface area contributed by atoms with Gasteiger partial charge in [-0.05, 0) is 162 Å². The lowest BCUT2D eigenvalue weighted by Crippen LogP contribution is -2.64. The fraction of sp³-hybridized carbons (Fsp3) is 0.465. The Morgan fingerprint density at radius 3 is 1.31 bits per heavy atom. The first kappa shape index (κ1) is 116. The largest absolute Gasteiger partial charge is 0.508 e. The SMILES string of the molecule is CC[C@H](C)[C@@H]1NC(=O)[C@H]([C@@H](C)O)NC(=O)[C@H](Cc2cncn2C)NC(=O)[C@H](Cc2ccccc2)NC(=O)CSC[C@@H](C(=O)NCC(N)=O)NC(=O)[C@H](Cc2ccc(O)cc2)NC(=O)[C@H](Cc2c[nH]c3ccccc23)NC(=O)[C@H](Cc2ccc(O)cc2)NC(=O)[C@H](CCCCN)NC(=O)[C@H](Cc2ccccc2)NC(=O)C(C)(C)NC(=O)[C@H](CCCNC(=N)N)NC(=O)[C@H](CCCCN)NC(=O)[C@H](CCCNC(=N)N)NC1=O. The minimum absolute atomic E-state index is 0.0179. The lowest BCUT2D eigenvalue weighted by atomic mass is 9.96. The van der Waals surface area contributed by atoms with Crippen molar-refractivity contribution in [1.29, 1.82) is 10.8 Å². The Labute approximate surface area is 849 Å². The number of aromatic amines is 1. The second kappa shape index (κ2) is 58.5. The number of phenols is 2. The molecule has 0 unspecified atom stereocenters. The Bertz CT molecular complexity index is 5600. The number of nitrogens with two attached hydrogens (primary N) is 5. The van der Waals surface area contributed by atoms with Crippen LogP contribution < -0.4 is 119 Å². The number of phenolic OH excluding ortho intramolecular Hbond substituents is 2. The van der Waals surface area contributed by atoms with Crippen molar-refractivity contribution in [3.8, 4) is 11.5 Å². The highest BCUT2D eigenvalue weighted by molar-refractivity contribution is 8.00. The lowest BCUT2D eigenvalue weighted by molar-refractivity contribution is -0.138. The summed E-state index contributed by atoms with van der Waals surface area (Å²) in [5.41, 5.74) is 29.9. The summed E-state index contributed by atoms with van der Waals surface area (Å²) >= 11 is 0.755. The number of para-hydroxylation sites is 1. The van der Waals surface area contributed by atoms with Gasteiger partial charge in [-0.25, -0.2) is 4.98 Å². The lowest BCUT2D eigenvalue weighted by Gasteiger charge is -2.31. The average Bonchev–Trinajstić information content (AvgIpc) is 1.64. The number of imidazole rings is 1. The molecule has 0 spiro atoms. The van der Waals surface area contributed by atoms with Crippen molar-refractivity contribution in [2.75, 3.05) is 44.2 Å². The number of benzene rings is 5. The number of aromatic nitrogens is 3. The third kappa shape index (κ3) is 38.1. The van der Waals surface area contributed by atoms with Crippen LogP contribution in [-0.2, 0) is 122 Å². The molecule has 146 heavy (non-hydrogen) atoms. The monoisotopic (exact) mass is 2040 g/mol. The number of aryl methyl sites for hydroxylation is 1. The number of hydrogen-bond acceptors (Lipinski definition) is 25. The second-order valence-electron chi connectivity index (χ2n) is 36.5. The first-order valence-electron chi connectivity index (χ1n) is 48.4. The Balaban J connectivity index is 1.25. The number of carbonyl (C=O) groups is 16. The van der Waals surface area contributed by atoms with E-state index in [-0.39, 0.29) is 128 Å². The van der Waals surface area contributed by atoms with Crippen molar-refractivity contribution in [3.05, 3.63) is 186 Å². The van der Waals surface area contributed by atoms with Crippen LogP contribution in [0.2, 0.25) is 0 Å². The zero-order valence-electron chi connectivity index (χ0n) is 82.6. The normalized spacial score (nSPS) is 22.3. The van der Waals surface area contributed by atoms with E-state index in [1.165, 1.54) is 86.4 Å². The van der Waals surface area contributed by atoms with Crippen LogP contribution in [0.15, 0.2) is 152 Å². The molecule has 1 aliphatic heterocycles. The van der Waals surface area contributed by atoms with E-state index < -0.39 is 227 Å². The number of H-pyrrole nitrogens is 1. The molecule has 790 valence electrons. The van der Waals surface area contributed by atoms with Gasteiger partial charge in [-0.1, -0.05) is 123 Å². The summed E-state index contributed by atoms with van der Waals surface area (Å²) in [6.45, 7) is 6.53. The van der Waals surface area contributed by atoms with Gasteiger partial charge in [0.2, 0.25) is 94.5 Å². The first-order valence-corrected chi connectivity index (χ1v) is 49.6. The fourth-order valence-electron chi connectivity index (χ4n) is 15.9. The van der Waals surface area contributed by atoms with Gasteiger partial charge in [0.15, 0.2) is 11.9 Å². The summed E-state index contributed by atoms with van der Waals surface area (Å²) in [6.07, 6.45) is 1.29. The number of amides is 16. The van der Waals surface area contributed by atoms with E-state index in [2.05, 4.69) is 100 Å². The molecule has 47 heteroatoms. The molecular weight excluding hydrogens is 1900 g/mol. The highest BCUT2D eigenvalue weighted by Crippen LogP contribution is 2.24. The predicted octanol–water partition coefficient (Wildman–Crippen LogP) is -3.17. The number of aliphatic hydroxyl groups is 1. The molecule has 33 N–H and O–H groups in total. The van der Waals surface area contributed by atoms with E-state index in [9.17, 15) is 34.5 Å². The standard InChI is InChI=1S/C99H139N27O19S/c1-7-56(2)81-94(143)116-70(30-20-42-108-97(103)104)85(134)113-68(28-16-18-40-100)84(133)115-71(31-21-43-109-98(105)106)93(142)125-99(4,5)96(145)122-75(45-59-24-12-9-13-25-59)90(139)114-69(29-17-19-41-101)86(135)117-73(46-60-32-36-64(128)37-33-60)88(137)119-76(48-62-50-110-67-27-15-14-26-66(62)67)91(140)118-74(47-61-34-38-65(129)39-35-61)89(138)121-78(83(132)111-52-79(102)130)53-146-54-80(131)112-72(44-58-22-10-8-11-23-58)87(136)120-77(49-63-51-107-55-126(63)6)92(141)124-82(57(3)127)95(144)123-81/h8-15,22-27,32-39,50-51,55-57,68-78,81-82,110,127-129H,7,16-21,28-31,40-49,52-54,100-101H2,1-6H3,(H2,102,130)(H,111,132)(H,112,131)(H,113,134)(H,114,139)(H,115,133)(H,116,143)(H,117,135)(H,118,140)(H,119,137)(H,120,136)(H,121,138)(H,122,145)(H,123,144)(H,124,141)(H,125,142)(H4,103,104,108)(H4,105,106,109)/t56-,57+,68-,69-,70-,71-,72-,73-,74-,75-,76-,77-,78-,81-,82-/m0/s1. The molecule has 0 saturated carbocycles. The molecule has 0 bridgehead atoms. The molecule has 2 aromatic heterocycles. The van der Waals surface area contributed by atoms with Gasteiger partial charge >= 0.3 is 0 Å². The van der Waals surface area contributed by atoms with Gasteiger partial charge < -0.3 is 144 Å². The Morgan fingerprint density at radius 2 is 0.856 bits per heavy atom. The summed E-state index contributed by atoms with van der Waals surface area (Å²) in [5.74, 6) is -18.9. The van der Waals surface area contributed by atoms with E-state index in [1.807, 2.05) is 0 Å². The number of hydrogen-bond donors (Lipinski definition) is 28. The molecule has 5 aromatic carbocycles. The molecular formula is C99H139N27O19S. The number of aromatic hydroxyl groups is 2. The van der Waals surface area contributed by atoms with Crippen LogP contribution in [0.3, 0.4) is 0 Å². The van der Waals surface area contributed by atoms with Crippen LogP contribution in [-0.4, -0.2) is 271 Å². The third-order valence-corrected chi connectivity index (χ3v) is 25.4. The maximum absolute atomic E-state index is 15.7. The van der Waals surface area contributed by atoms with E-state index in [0.717, 1.165) is 11.8 Å². The Hall–Kier alpha value is -15.3. The molecule has 46 nitrogen and oxygen atoms in total. The van der Waals surface area contributed by atoms with Crippen LogP contribution in [0.25, 0.3) is 10.9 Å². The number of thioether (sulfide) groups is 1. The van der Waals surface area contributed by atoms with Gasteiger partial charge in [-0.3, -0.25) is 87.5 Å². The fourth-order valence-corrected chi connectivity index (χ4v) is 16.8. The van der Waals surface area contributed by atoms with Gasteiger partial charge in [0.1, 0.15) is 95.6 Å². The van der Waals surface area contributed by atoms with E-state index in [0.29, 0.717) is 57.3 Å². The van der Waals surface area contributed by atoms with E-state index in [4.69, 9.17) is 39.5 Å². The smallest absolute Gasteiger partial charge is 0.245 e. The van der Waals surface area contributed by atoms with Crippen LogP contribution in [0.1, 0.15) is 139 Å². The number of nitrogens with zero attached hydrogens (tertiary/aromatic N) is 2. The number of rotatable bonds is 34. The van der Waals surface area contributed by atoms with Crippen molar-refractivity contribution < 1.29 is 92.0 Å². The van der Waals surface area contributed by atoms with Gasteiger partial charge in [0.05, 0.1) is 24.7 Å². The zero-order valence-corrected chi connectivity index (χ0v) is 83.4. The molecule has 15 atom stereocenters. The van der Waals surface area contributed by atoms with Crippen LogP contribution in [0.5, 0.6) is 11.5 Å². The van der Waals surface area contributed by atoms with Gasteiger partial charge in [-0.2, -0.15) is 0 Å². The topological polar surface area (TPSA) is 750 Å². The van der Waals surface area contributed by atoms with Crippen molar-refractivity contribution in [2.24, 2.45) is 41.6 Å². The van der Waals surface area contributed by atoms with Crippen molar-refractivity contribution in [2.45, 2.75) is 234 Å². The molecule has 1 fully saturated rings. The predicted molar refractivity (Wildman–Crippen MR) is 545 cm³/mol. The molecule has 7 aromatic rings.